The van der Waals surface area contributed by atoms with E-state index in [1.165, 1.54) is 0 Å². The maximum Gasteiger partial charge on any atom is 0.326 e. The number of carboxylic acid groups (broad SMARTS) is 1. The van der Waals surface area contributed by atoms with E-state index in [9.17, 15) is 9.59 Å². The van der Waals surface area contributed by atoms with Crippen LogP contribution in [0.25, 0.3) is 0 Å². The molecule has 5 N–H and O–H groups in total. The van der Waals surface area contributed by atoms with E-state index in [1.54, 1.807) is 0 Å². The number of urea groups is 1. The second kappa shape index (κ2) is 8.05. The second-order valence-electron chi connectivity index (χ2n) is 4.01. The van der Waals surface area contributed by atoms with Crippen LogP contribution in [-0.2, 0) is 4.79 Å². The van der Waals surface area contributed by atoms with Crippen LogP contribution in [0.4, 0.5) is 4.79 Å². The van der Waals surface area contributed by atoms with Gasteiger partial charge in [-0.15, -0.1) is 0 Å². The number of primary amides is 1. The zero-order chi connectivity index (χ0) is 12.5. The molecule has 0 bridgehead atoms. The molecule has 0 saturated heterocycles. The molecule has 6 nitrogen and oxygen atoms in total. The fourth-order valence-electron chi connectivity index (χ4n) is 0.463. The number of carbonyl (C=O) groups is 2. The van der Waals surface area contributed by atoms with E-state index < -0.39 is 12.0 Å². The molecular formula is C9H21N3O3. The number of aliphatic carboxylic acids is 1. The summed E-state index contributed by atoms with van der Waals surface area (Å²) in [5, 5.41) is 7.91. The van der Waals surface area contributed by atoms with Gasteiger partial charge in [0.25, 0.3) is 0 Å². The molecule has 0 atom stereocenters. The molecule has 0 rings (SSSR count). The SMILES string of the molecule is CC(C)(C)NNC(N)=O.CCCC(=O)O. The number of carbonyl (C=O) groups excluding carboxylic acids is 1. The van der Waals surface area contributed by atoms with E-state index in [2.05, 4.69) is 10.9 Å². The lowest BCUT2D eigenvalue weighted by Crippen LogP contribution is -2.50. The van der Waals surface area contributed by atoms with Crippen molar-refractivity contribution in [1.82, 2.24) is 10.9 Å². The molecule has 2 amide bonds. The normalized spacial score (nSPS) is 9.87. The standard InChI is InChI=1S/C5H13N3O.C4H8O2/c1-5(2,3)8-7-4(6)9;1-2-3-4(5)6/h8H,1-3H3,(H3,6,7,9);2-3H2,1H3,(H,5,6). The minimum absolute atomic E-state index is 0.130. The Morgan fingerprint density at radius 3 is 1.87 bits per heavy atom. The fourth-order valence-corrected chi connectivity index (χ4v) is 0.463. The summed E-state index contributed by atoms with van der Waals surface area (Å²) in [5.74, 6) is -0.711. The van der Waals surface area contributed by atoms with Gasteiger partial charge in [-0.1, -0.05) is 6.92 Å². The van der Waals surface area contributed by atoms with Crippen molar-refractivity contribution < 1.29 is 14.7 Å². The molecule has 0 aliphatic rings. The first kappa shape index (κ1) is 16.1. The highest BCUT2D eigenvalue weighted by Gasteiger charge is 2.07. The lowest BCUT2D eigenvalue weighted by atomic mass is 10.1. The van der Waals surface area contributed by atoms with Crippen molar-refractivity contribution in [3.63, 3.8) is 0 Å². The van der Waals surface area contributed by atoms with Crippen LogP contribution in [0.5, 0.6) is 0 Å². The van der Waals surface area contributed by atoms with Gasteiger partial charge in [-0.25, -0.2) is 10.2 Å². The van der Waals surface area contributed by atoms with Crippen molar-refractivity contribution in [2.75, 3.05) is 0 Å². The Balaban J connectivity index is 0. The van der Waals surface area contributed by atoms with E-state index in [4.69, 9.17) is 10.8 Å². The molecule has 6 heteroatoms. The van der Waals surface area contributed by atoms with Gasteiger partial charge in [0, 0.05) is 12.0 Å². The van der Waals surface area contributed by atoms with Gasteiger partial charge in [0.15, 0.2) is 0 Å². The quantitative estimate of drug-likeness (QED) is 0.527. The first-order valence-electron chi connectivity index (χ1n) is 4.73. The summed E-state index contributed by atoms with van der Waals surface area (Å²) < 4.78 is 0. The Hall–Kier alpha value is -1.30. The number of carboxylic acids is 1. The first-order valence-corrected chi connectivity index (χ1v) is 4.73. The van der Waals surface area contributed by atoms with Crippen molar-refractivity contribution in [1.29, 1.82) is 0 Å². The van der Waals surface area contributed by atoms with Crippen LogP contribution in [0.15, 0.2) is 0 Å². The van der Waals surface area contributed by atoms with Crippen LogP contribution in [0.1, 0.15) is 40.5 Å². The molecule has 0 radical (unpaired) electrons. The van der Waals surface area contributed by atoms with Gasteiger partial charge in [-0.05, 0) is 27.2 Å². The summed E-state index contributed by atoms with van der Waals surface area (Å²) in [6.45, 7) is 7.60. The van der Waals surface area contributed by atoms with Gasteiger partial charge in [-0.3, -0.25) is 10.2 Å². The third-order valence-corrected chi connectivity index (χ3v) is 1.02. The number of hydrogen-bond donors (Lipinski definition) is 4. The van der Waals surface area contributed by atoms with E-state index >= 15 is 0 Å². The molecule has 0 fully saturated rings. The summed E-state index contributed by atoms with van der Waals surface area (Å²) in [7, 11) is 0. The van der Waals surface area contributed by atoms with Crippen LogP contribution in [-0.4, -0.2) is 22.6 Å². The Morgan fingerprint density at radius 1 is 1.33 bits per heavy atom. The number of rotatable bonds is 3. The summed E-state index contributed by atoms with van der Waals surface area (Å²) in [6.07, 6.45) is 1.02. The number of nitrogens with two attached hydrogens (primary N) is 1. The van der Waals surface area contributed by atoms with E-state index in [0.29, 0.717) is 6.42 Å². The van der Waals surface area contributed by atoms with Crippen LogP contribution >= 0.6 is 0 Å². The zero-order valence-electron chi connectivity index (χ0n) is 9.76. The first-order chi connectivity index (χ1) is 6.69. The third-order valence-electron chi connectivity index (χ3n) is 1.02. The van der Waals surface area contributed by atoms with E-state index in [0.717, 1.165) is 6.42 Å². The van der Waals surface area contributed by atoms with Crippen molar-refractivity contribution in [3.8, 4) is 0 Å². The predicted octanol–water partition coefficient (Wildman–Crippen LogP) is 0.829. The molecule has 15 heavy (non-hydrogen) atoms. The zero-order valence-corrected chi connectivity index (χ0v) is 9.76. The van der Waals surface area contributed by atoms with Crippen LogP contribution in [0, 0.1) is 0 Å². The Labute approximate surface area is 90.2 Å². The topological polar surface area (TPSA) is 104 Å². The van der Waals surface area contributed by atoms with Gasteiger partial charge in [0.1, 0.15) is 0 Å². The van der Waals surface area contributed by atoms with Gasteiger partial charge >= 0.3 is 12.0 Å². The number of nitrogens with one attached hydrogen (secondary N) is 2. The molecule has 0 spiro atoms. The van der Waals surface area contributed by atoms with Crippen LogP contribution in [0.3, 0.4) is 0 Å². The fraction of sp³-hybridized carbons (Fsp3) is 0.778. The monoisotopic (exact) mass is 219 g/mol. The molecule has 0 heterocycles. The van der Waals surface area contributed by atoms with Crippen LogP contribution in [0.2, 0.25) is 0 Å². The van der Waals surface area contributed by atoms with Crippen molar-refractivity contribution >= 4 is 12.0 Å². The van der Waals surface area contributed by atoms with Gasteiger partial charge < -0.3 is 10.8 Å². The molecule has 0 aliphatic carbocycles. The van der Waals surface area contributed by atoms with Gasteiger partial charge in [-0.2, -0.15) is 0 Å². The summed E-state index contributed by atoms with van der Waals surface area (Å²) in [6, 6.07) is -0.565. The molecule has 0 unspecified atom stereocenters. The average Bonchev–Trinajstić information content (AvgIpc) is 2.00. The Bertz CT molecular complexity index is 199. The second-order valence-corrected chi connectivity index (χ2v) is 4.01. The van der Waals surface area contributed by atoms with Gasteiger partial charge in [0.2, 0.25) is 0 Å². The highest BCUT2D eigenvalue weighted by molar-refractivity contribution is 5.70. The minimum Gasteiger partial charge on any atom is -0.481 e. The summed E-state index contributed by atoms with van der Waals surface area (Å²) in [4.78, 5) is 19.7. The van der Waals surface area contributed by atoms with E-state index in [1.807, 2.05) is 27.7 Å². The maximum atomic E-state index is 10.1. The molecule has 0 aromatic carbocycles. The molecule has 0 aromatic heterocycles. The number of amides is 2. The lowest BCUT2D eigenvalue weighted by Gasteiger charge is -2.19. The number of hydrogen-bond acceptors (Lipinski definition) is 3. The Kier molecular flexibility index (Phi) is 8.66. The van der Waals surface area contributed by atoms with E-state index in [-0.39, 0.29) is 5.54 Å². The number of hydrazine groups is 1. The highest BCUT2D eigenvalue weighted by atomic mass is 16.4. The predicted molar refractivity (Wildman–Crippen MR) is 58.2 cm³/mol. The molecular weight excluding hydrogens is 198 g/mol. The van der Waals surface area contributed by atoms with Crippen molar-refractivity contribution in [2.45, 2.75) is 46.1 Å². The molecule has 0 saturated carbocycles. The molecule has 0 aromatic rings. The average molecular weight is 219 g/mol. The smallest absolute Gasteiger partial charge is 0.326 e. The lowest BCUT2D eigenvalue weighted by molar-refractivity contribution is -0.137. The van der Waals surface area contributed by atoms with Crippen molar-refractivity contribution in [2.24, 2.45) is 5.73 Å². The third kappa shape index (κ3) is 24.5. The maximum absolute atomic E-state index is 10.1. The van der Waals surface area contributed by atoms with Crippen LogP contribution < -0.4 is 16.6 Å². The largest absolute Gasteiger partial charge is 0.481 e. The molecule has 90 valence electrons. The highest BCUT2D eigenvalue weighted by Crippen LogP contribution is 1.94. The minimum atomic E-state index is -0.711. The van der Waals surface area contributed by atoms with Gasteiger partial charge in [0.05, 0.1) is 0 Å². The molecule has 0 aliphatic heterocycles. The summed E-state index contributed by atoms with van der Waals surface area (Å²) in [5.41, 5.74) is 9.63. The summed E-state index contributed by atoms with van der Waals surface area (Å²) >= 11 is 0. The van der Waals surface area contributed by atoms with Crippen molar-refractivity contribution in [3.05, 3.63) is 0 Å². The Morgan fingerprint density at radius 2 is 1.80 bits per heavy atom.